The molecule has 9 heavy (non-hydrogen) atoms. The Bertz CT molecular complexity index is 159. The van der Waals surface area contributed by atoms with Crippen LogP contribution in [0.5, 0.6) is 0 Å². The highest BCUT2D eigenvalue weighted by atomic mass is 16.5. The summed E-state index contributed by atoms with van der Waals surface area (Å²) in [5, 5.41) is 18.8. The van der Waals surface area contributed by atoms with Gasteiger partial charge in [0.2, 0.25) is 0 Å². The van der Waals surface area contributed by atoms with E-state index in [1.807, 2.05) is 0 Å². The Balaban J connectivity index is 4.25. The average molecular weight is 126 g/mol. The normalized spacial score (nSPS) is 12.9. The molecule has 0 aliphatic carbocycles. The molecule has 0 amide bonds. The molecule has 0 rings (SSSR count). The number of nitrogens with zero attached hydrogens (tertiary/aromatic N) is 2. The van der Waals surface area contributed by atoms with Gasteiger partial charge in [-0.2, -0.15) is 10.0 Å². The van der Waals surface area contributed by atoms with Gasteiger partial charge in [-0.05, 0) is 0 Å². The number of nitriles is 1. The van der Waals surface area contributed by atoms with E-state index in [1.165, 1.54) is 0 Å². The van der Waals surface area contributed by atoms with Crippen LogP contribution in [0.2, 0.25) is 0 Å². The van der Waals surface area contributed by atoms with E-state index >= 15 is 0 Å². The third kappa shape index (κ3) is 2.70. The Hall–Kier alpha value is -1.04. The summed E-state index contributed by atoms with van der Waals surface area (Å²) in [6.45, 7) is 5.23. The van der Waals surface area contributed by atoms with Crippen molar-refractivity contribution in [1.29, 1.82) is 5.26 Å². The summed E-state index contributed by atoms with van der Waals surface area (Å²) in [7, 11) is 0. The highest BCUT2D eigenvalue weighted by Gasteiger charge is 2.17. The van der Waals surface area contributed by atoms with Crippen LogP contribution in [0.15, 0.2) is 0 Å². The van der Waals surface area contributed by atoms with Crippen LogP contribution in [0.3, 0.4) is 0 Å². The van der Waals surface area contributed by atoms with Crippen LogP contribution in [0.4, 0.5) is 0 Å². The third-order valence-corrected chi connectivity index (χ3v) is 0.836. The Kier molecular flexibility index (Phi) is 2.20. The van der Waals surface area contributed by atoms with Crippen molar-refractivity contribution in [2.45, 2.75) is 26.3 Å². The second kappa shape index (κ2) is 2.49. The van der Waals surface area contributed by atoms with Crippen LogP contribution in [-0.2, 0) is 0 Å². The maximum atomic E-state index is 10.7. The van der Waals surface area contributed by atoms with Crippen molar-refractivity contribution in [2.75, 3.05) is 0 Å². The first kappa shape index (κ1) is 7.96. The molecule has 0 fully saturated rings. The molecule has 3 heteroatoms. The van der Waals surface area contributed by atoms with Gasteiger partial charge in [-0.1, -0.05) is 0 Å². The Morgan fingerprint density at radius 1 is 1.56 bits per heavy atom. The molecule has 0 spiro atoms. The lowest BCUT2D eigenvalue weighted by Crippen LogP contribution is -2.28. The minimum Gasteiger partial charge on any atom is -0.623 e. The van der Waals surface area contributed by atoms with E-state index in [4.69, 9.17) is 5.26 Å². The molecule has 0 saturated carbocycles. The Morgan fingerprint density at radius 3 is 2.11 bits per heavy atom. The zero-order valence-electron chi connectivity index (χ0n) is 5.88. The molecule has 0 heterocycles. The first-order valence-corrected chi connectivity index (χ1v) is 2.68. The predicted molar refractivity (Wildman–Crippen MR) is 35.1 cm³/mol. The summed E-state index contributed by atoms with van der Waals surface area (Å²) in [5.74, 6) is 0. The van der Waals surface area contributed by atoms with Crippen molar-refractivity contribution in [1.82, 2.24) is 0 Å². The van der Waals surface area contributed by atoms with Gasteiger partial charge in [-0.3, -0.25) is 0 Å². The second-order valence-corrected chi connectivity index (χ2v) is 2.75. The molecule has 50 valence electrons. The fourth-order valence-electron chi connectivity index (χ4n) is 0.246. The van der Waals surface area contributed by atoms with Gasteiger partial charge in [-0.15, -0.1) is 0 Å². The van der Waals surface area contributed by atoms with Gasteiger partial charge in [0.05, 0.1) is 0 Å². The quantitative estimate of drug-likeness (QED) is 0.209. The molecule has 0 aromatic carbocycles. The molecular formula is C6H10N2O. The summed E-state index contributed by atoms with van der Waals surface area (Å²) in [6.07, 6.45) is 0.958. The highest BCUT2D eigenvalue weighted by molar-refractivity contribution is 5.70. The van der Waals surface area contributed by atoms with Crippen LogP contribution < -0.4 is 0 Å². The van der Waals surface area contributed by atoms with E-state index < -0.39 is 5.54 Å². The second-order valence-electron chi connectivity index (χ2n) is 2.75. The number of rotatable bonds is 0. The Labute approximate surface area is 54.8 Å². The van der Waals surface area contributed by atoms with Crippen LogP contribution >= 0.6 is 0 Å². The molecule has 0 N–H and O–H groups in total. The average Bonchev–Trinajstić information content (AvgIpc) is 1.64. The lowest BCUT2D eigenvalue weighted by molar-refractivity contribution is -0.530. The van der Waals surface area contributed by atoms with Gasteiger partial charge in [0.1, 0.15) is 0 Å². The van der Waals surface area contributed by atoms with Crippen LogP contribution in [0.1, 0.15) is 20.8 Å². The first-order chi connectivity index (χ1) is 3.98. The van der Waals surface area contributed by atoms with Crippen molar-refractivity contribution in [3.63, 3.8) is 0 Å². The molecule has 0 aromatic heterocycles. The fraction of sp³-hybridized carbons (Fsp3) is 0.667. The highest BCUT2D eigenvalue weighted by Crippen LogP contribution is 2.03. The maximum absolute atomic E-state index is 10.7. The van der Waals surface area contributed by atoms with Crippen molar-refractivity contribution in [3.8, 4) is 6.07 Å². The summed E-state index contributed by atoms with van der Waals surface area (Å²) in [4.78, 5) is 0. The van der Waals surface area contributed by atoms with E-state index in [-0.39, 0.29) is 0 Å². The van der Waals surface area contributed by atoms with E-state index in [0.29, 0.717) is 4.74 Å². The third-order valence-electron chi connectivity index (χ3n) is 0.836. The first-order valence-electron chi connectivity index (χ1n) is 2.68. The van der Waals surface area contributed by atoms with Crippen molar-refractivity contribution >= 4 is 6.21 Å². The molecule has 0 aliphatic heterocycles. The largest absolute Gasteiger partial charge is 0.623 e. The number of hydrogen-bond donors (Lipinski definition) is 0. The molecule has 0 bridgehead atoms. The zero-order valence-corrected chi connectivity index (χ0v) is 5.88. The van der Waals surface area contributed by atoms with Crippen LogP contribution in [-0.4, -0.2) is 16.5 Å². The molecular weight excluding hydrogens is 116 g/mol. The van der Waals surface area contributed by atoms with Crippen LogP contribution in [0, 0.1) is 16.5 Å². The van der Waals surface area contributed by atoms with Gasteiger partial charge < -0.3 is 5.21 Å². The van der Waals surface area contributed by atoms with Crippen molar-refractivity contribution < 1.29 is 4.74 Å². The molecule has 0 saturated heterocycles. The molecule has 0 atom stereocenters. The van der Waals surface area contributed by atoms with E-state index in [1.54, 1.807) is 26.8 Å². The number of hydroxylamine groups is 1. The van der Waals surface area contributed by atoms with E-state index in [0.717, 1.165) is 6.21 Å². The van der Waals surface area contributed by atoms with E-state index in [2.05, 4.69) is 0 Å². The van der Waals surface area contributed by atoms with Gasteiger partial charge in [0, 0.05) is 20.8 Å². The van der Waals surface area contributed by atoms with E-state index in [9.17, 15) is 5.21 Å². The summed E-state index contributed by atoms with van der Waals surface area (Å²) < 4.78 is 0.632. The van der Waals surface area contributed by atoms with Gasteiger partial charge in [0.15, 0.2) is 11.6 Å². The van der Waals surface area contributed by atoms with Crippen molar-refractivity contribution in [3.05, 3.63) is 5.21 Å². The van der Waals surface area contributed by atoms with Crippen molar-refractivity contribution in [2.24, 2.45) is 0 Å². The van der Waals surface area contributed by atoms with Gasteiger partial charge in [-0.25, -0.2) is 0 Å². The molecule has 0 aliphatic rings. The van der Waals surface area contributed by atoms with Crippen LogP contribution in [0.25, 0.3) is 0 Å². The topological polar surface area (TPSA) is 49.9 Å². The van der Waals surface area contributed by atoms with Gasteiger partial charge >= 0.3 is 0 Å². The summed E-state index contributed by atoms with van der Waals surface area (Å²) in [6, 6.07) is 1.66. The summed E-state index contributed by atoms with van der Waals surface area (Å²) >= 11 is 0. The molecule has 0 aromatic rings. The Morgan fingerprint density at radius 2 is 2.00 bits per heavy atom. The maximum Gasteiger partial charge on any atom is 0.253 e. The minimum absolute atomic E-state index is 0.490. The standard InChI is InChI=1S/C6H10N2O/c1-6(2,3)8(9)5-4-7/h5H,1-3H3. The smallest absolute Gasteiger partial charge is 0.253 e. The van der Waals surface area contributed by atoms with Gasteiger partial charge in [0.25, 0.3) is 6.21 Å². The lowest BCUT2D eigenvalue weighted by atomic mass is 10.1. The SMILES string of the molecule is CC(C)(C)[N+]([O-])=CC#N. The lowest BCUT2D eigenvalue weighted by Gasteiger charge is -2.16. The minimum atomic E-state index is -0.490. The molecule has 3 nitrogen and oxygen atoms in total. The predicted octanol–water partition coefficient (Wildman–Crippen LogP) is 0.890. The fourth-order valence-corrected chi connectivity index (χ4v) is 0.246. The monoisotopic (exact) mass is 126 g/mol. The molecule has 0 radical (unpaired) electrons. The molecule has 0 unspecified atom stereocenters. The zero-order chi connectivity index (χ0) is 7.49. The number of hydrogen-bond acceptors (Lipinski definition) is 2. The summed E-state index contributed by atoms with van der Waals surface area (Å²) in [5.41, 5.74) is -0.490.